The quantitative estimate of drug-likeness (QED) is 0.613. The molecule has 1 aliphatic heterocycles. The Labute approximate surface area is 141 Å². The van der Waals surface area contributed by atoms with Crippen LogP contribution in [0.4, 0.5) is 5.69 Å². The molecule has 1 fully saturated rings. The number of halogens is 1. The summed E-state index contributed by atoms with van der Waals surface area (Å²) in [5.41, 5.74) is 1.53. The molecular formula is C15H15BrN2O5. The maximum Gasteiger partial charge on any atom is 0.326 e. The fourth-order valence-electron chi connectivity index (χ4n) is 2.04. The average molecular weight is 383 g/mol. The predicted octanol–water partition coefficient (Wildman–Crippen LogP) is 1.39. The van der Waals surface area contributed by atoms with Gasteiger partial charge in [-0.25, -0.2) is 0 Å². The maximum atomic E-state index is 11.7. The van der Waals surface area contributed by atoms with Crippen molar-refractivity contribution in [3.05, 3.63) is 28.2 Å². The number of rotatable bonds is 5. The van der Waals surface area contributed by atoms with Gasteiger partial charge in [-0.05, 0) is 30.7 Å². The summed E-state index contributed by atoms with van der Waals surface area (Å²) in [7, 11) is 0. The van der Waals surface area contributed by atoms with Crippen molar-refractivity contribution in [3.8, 4) is 0 Å². The van der Waals surface area contributed by atoms with Crippen LogP contribution in [-0.4, -0.2) is 41.7 Å². The molecule has 1 aromatic rings. The Balaban J connectivity index is 1.79. The number of esters is 1. The molecule has 0 aliphatic carbocycles. The molecule has 1 N–H and O–H groups in total. The minimum Gasteiger partial charge on any atom is -0.454 e. The Hall–Kier alpha value is -2.22. The fourth-order valence-corrected chi connectivity index (χ4v) is 2.29. The highest BCUT2D eigenvalue weighted by molar-refractivity contribution is 9.10. The van der Waals surface area contributed by atoms with E-state index in [2.05, 4.69) is 21.2 Å². The first kappa shape index (κ1) is 17.1. The number of hydrogen-bond donors (Lipinski definition) is 1. The van der Waals surface area contributed by atoms with Gasteiger partial charge in [-0.1, -0.05) is 15.9 Å². The number of imide groups is 1. The van der Waals surface area contributed by atoms with E-state index < -0.39 is 36.8 Å². The molecule has 0 unspecified atom stereocenters. The molecule has 0 atom stereocenters. The zero-order valence-electron chi connectivity index (χ0n) is 12.4. The summed E-state index contributed by atoms with van der Waals surface area (Å²) in [5, 5.41) is 2.59. The zero-order chi connectivity index (χ0) is 17.0. The third-order valence-electron chi connectivity index (χ3n) is 3.25. The number of ether oxygens (including phenoxy) is 1. The van der Waals surface area contributed by atoms with E-state index in [4.69, 9.17) is 4.74 Å². The number of aryl methyl sites for hydroxylation is 1. The average Bonchev–Trinajstić information content (AvgIpc) is 2.81. The number of amides is 3. The molecule has 7 nitrogen and oxygen atoms in total. The topological polar surface area (TPSA) is 92.8 Å². The molecule has 1 heterocycles. The van der Waals surface area contributed by atoms with E-state index in [0.29, 0.717) is 5.69 Å². The van der Waals surface area contributed by atoms with E-state index in [0.717, 1.165) is 14.9 Å². The van der Waals surface area contributed by atoms with Crippen LogP contribution in [0.25, 0.3) is 0 Å². The first-order chi connectivity index (χ1) is 10.9. The van der Waals surface area contributed by atoms with E-state index in [1.54, 1.807) is 18.2 Å². The van der Waals surface area contributed by atoms with Crippen LogP contribution >= 0.6 is 15.9 Å². The van der Waals surface area contributed by atoms with Crippen molar-refractivity contribution in [2.75, 3.05) is 18.5 Å². The SMILES string of the molecule is Cc1cc(NC(=O)COC(=O)CN2C(=O)CCC2=O)ccc1Br. The molecule has 1 aliphatic rings. The minimum atomic E-state index is -0.796. The van der Waals surface area contributed by atoms with E-state index in [-0.39, 0.29) is 12.8 Å². The Morgan fingerprint density at radius 1 is 1.26 bits per heavy atom. The van der Waals surface area contributed by atoms with Crippen LogP contribution in [0.1, 0.15) is 18.4 Å². The molecule has 0 aromatic heterocycles. The van der Waals surface area contributed by atoms with Crippen LogP contribution in [0.2, 0.25) is 0 Å². The lowest BCUT2D eigenvalue weighted by atomic mass is 10.2. The summed E-state index contributed by atoms with van der Waals surface area (Å²) < 4.78 is 5.70. The van der Waals surface area contributed by atoms with Crippen LogP contribution in [0, 0.1) is 6.92 Å². The molecule has 0 radical (unpaired) electrons. The highest BCUT2D eigenvalue weighted by Gasteiger charge is 2.31. The smallest absolute Gasteiger partial charge is 0.326 e. The van der Waals surface area contributed by atoms with Crippen molar-refractivity contribution in [3.63, 3.8) is 0 Å². The van der Waals surface area contributed by atoms with Crippen LogP contribution in [0.3, 0.4) is 0 Å². The molecule has 3 amide bonds. The Morgan fingerprint density at radius 2 is 1.91 bits per heavy atom. The van der Waals surface area contributed by atoms with Crippen LogP contribution in [-0.2, 0) is 23.9 Å². The van der Waals surface area contributed by atoms with Gasteiger partial charge in [0.25, 0.3) is 5.91 Å². The maximum absolute atomic E-state index is 11.7. The van der Waals surface area contributed by atoms with E-state index in [1.165, 1.54) is 0 Å². The number of hydrogen-bond acceptors (Lipinski definition) is 5. The van der Waals surface area contributed by atoms with Crippen molar-refractivity contribution in [2.45, 2.75) is 19.8 Å². The molecule has 2 rings (SSSR count). The molecule has 8 heteroatoms. The van der Waals surface area contributed by atoms with Crippen LogP contribution < -0.4 is 5.32 Å². The van der Waals surface area contributed by atoms with Gasteiger partial charge in [0.1, 0.15) is 6.54 Å². The summed E-state index contributed by atoms with van der Waals surface area (Å²) in [6.07, 6.45) is 0.213. The number of nitrogens with one attached hydrogen (secondary N) is 1. The van der Waals surface area contributed by atoms with Crippen LogP contribution in [0.15, 0.2) is 22.7 Å². The lowest BCUT2D eigenvalue weighted by Gasteiger charge is -2.13. The molecule has 23 heavy (non-hydrogen) atoms. The van der Waals surface area contributed by atoms with E-state index in [9.17, 15) is 19.2 Å². The Morgan fingerprint density at radius 3 is 2.52 bits per heavy atom. The van der Waals surface area contributed by atoms with E-state index in [1.807, 2.05) is 6.92 Å². The van der Waals surface area contributed by atoms with Gasteiger partial charge in [-0.15, -0.1) is 0 Å². The van der Waals surface area contributed by atoms with Crippen molar-refractivity contribution < 1.29 is 23.9 Å². The Kier molecular flexibility index (Phi) is 5.49. The van der Waals surface area contributed by atoms with Gasteiger partial charge >= 0.3 is 5.97 Å². The fraction of sp³-hybridized carbons (Fsp3) is 0.333. The van der Waals surface area contributed by atoms with Crippen molar-refractivity contribution in [1.29, 1.82) is 0 Å². The summed E-state index contributed by atoms with van der Waals surface area (Å²) in [4.78, 5) is 46.9. The van der Waals surface area contributed by atoms with Gasteiger partial charge in [-0.3, -0.25) is 24.1 Å². The molecule has 1 aromatic carbocycles. The highest BCUT2D eigenvalue weighted by atomic mass is 79.9. The highest BCUT2D eigenvalue weighted by Crippen LogP contribution is 2.19. The number of nitrogens with zero attached hydrogens (tertiary/aromatic N) is 1. The molecule has 122 valence electrons. The second-order valence-corrected chi connectivity index (χ2v) is 5.90. The van der Waals surface area contributed by atoms with Crippen molar-refractivity contribution >= 4 is 45.3 Å². The summed E-state index contributed by atoms with van der Waals surface area (Å²) >= 11 is 3.35. The lowest BCUT2D eigenvalue weighted by molar-refractivity contribution is -0.153. The number of likely N-dealkylation sites (tertiary alicyclic amines) is 1. The standard InChI is InChI=1S/C15H15BrN2O5/c1-9-6-10(2-3-11(9)16)17-12(19)8-23-15(22)7-18-13(20)4-5-14(18)21/h2-3,6H,4-5,7-8H2,1H3,(H,17,19). The summed E-state index contributed by atoms with van der Waals surface area (Å²) in [6, 6.07) is 5.27. The zero-order valence-corrected chi connectivity index (χ0v) is 14.0. The third kappa shape index (κ3) is 4.62. The van der Waals surface area contributed by atoms with Gasteiger partial charge in [0.15, 0.2) is 6.61 Å². The van der Waals surface area contributed by atoms with E-state index >= 15 is 0 Å². The molecular weight excluding hydrogens is 368 g/mol. The number of carbonyl (C=O) groups is 4. The first-order valence-electron chi connectivity index (χ1n) is 6.91. The lowest BCUT2D eigenvalue weighted by Crippen LogP contribution is -2.36. The molecule has 0 saturated carbocycles. The predicted molar refractivity (Wildman–Crippen MR) is 84.4 cm³/mol. The van der Waals surface area contributed by atoms with Gasteiger partial charge in [-0.2, -0.15) is 0 Å². The summed E-state index contributed by atoms with van der Waals surface area (Å²) in [6.45, 7) is 0.941. The molecule has 0 bridgehead atoms. The van der Waals surface area contributed by atoms with Crippen molar-refractivity contribution in [2.24, 2.45) is 0 Å². The van der Waals surface area contributed by atoms with Gasteiger partial charge in [0.05, 0.1) is 0 Å². The van der Waals surface area contributed by atoms with Gasteiger partial charge in [0, 0.05) is 23.0 Å². The number of carbonyl (C=O) groups excluding carboxylic acids is 4. The normalized spacial score (nSPS) is 14.1. The van der Waals surface area contributed by atoms with Crippen molar-refractivity contribution in [1.82, 2.24) is 4.90 Å². The minimum absolute atomic E-state index is 0.107. The second-order valence-electron chi connectivity index (χ2n) is 5.05. The summed E-state index contributed by atoms with van der Waals surface area (Å²) in [5.74, 6) is -2.10. The monoisotopic (exact) mass is 382 g/mol. The number of anilines is 1. The van der Waals surface area contributed by atoms with Gasteiger partial charge < -0.3 is 10.1 Å². The second kappa shape index (κ2) is 7.36. The van der Waals surface area contributed by atoms with Crippen LogP contribution in [0.5, 0.6) is 0 Å². The Bertz CT molecular complexity index is 658. The molecule has 0 spiro atoms. The van der Waals surface area contributed by atoms with Gasteiger partial charge in [0.2, 0.25) is 11.8 Å². The largest absolute Gasteiger partial charge is 0.454 e. The third-order valence-corrected chi connectivity index (χ3v) is 4.14. The molecule has 1 saturated heterocycles. The first-order valence-corrected chi connectivity index (χ1v) is 7.71. The number of benzene rings is 1.